The molecule has 0 radical (unpaired) electrons. The van der Waals surface area contributed by atoms with Crippen LogP contribution in [-0.4, -0.2) is 23.4 Å². The van der Waals surface area contributed by atoms with Crippen LogP contribution >= 0.6 is 11.6 Å². The lowest BCUT2D eigenvalue weighted by Gasteiger charge is -2.03. The van der Waals surface area contributed by atoms with E-state index < -0.39 is 0 Å². The Bertz CT molecular complexity index is 326. The van der Waals surface area contributed by atoms with Gasteiger partial charge in [-0.25, -0.2) is 4.99 Å². The molecule has 1 rings (SSSR count). The normalized spacial score (nSPS) is 11.7. The standard InChI is InChI=1S/C10H13ClN2O/c11-7-10(12)13-9-4-2-1-3-8(9)5-6-14/h1-4,14H,5-7H2,(H2,12,13). The van der Waals surface area contributed by atoms with E-state index in [4.69, 9.17) is 22.4 Å². The number of rotatable bonds is 4. The molecule has 3 N–H and O–H groups in total. The monoisotopic (exact) mass is 212 g/mol. The van der Waals surface area contributed by atoms with Gasteiger partial charge < -0.3 is 10.8 Å². The fourth-order valence-corrected chi connectivity index (χ4v) is 1.20. The molecule has 4 heteroatoms. The highest BCUT2D eigenvalue weighted by Gasteiger charge is 1.99. The van der Waals surface area contributed by atoms with E-state index in [1.165, 1.54) is 0 Å². The third kappa shape index (κ3) is 3.01. The Hall–Kier alpha value is -1.06. The number of hydrogen-bond donors (Lipinski definition) is 2. The zero-order valence-corrected chi connectivity index (χ0v) is 8.54. The molecular formula is C10H13ClN2O. The number of nitrogens with zero attached hydrogens (tertiary/aromatic N) is 1. The van der Waals surface area contributed by atoms with Crippen molar-refractivity contribution in [3.8, 4) is 0 Å². The van der Waals surface area contributed by atoms with Crippen molar-refractivity contribution in [3.05, 3.63) is 29.8 Å². The number of aliphatic hydroxyl groups excluding tert-OH is 1. The topological polar surface area (TPSA) is 58.6 Å². The Morgan fingerprint density at radius 1 is 1.43 bits per heavy atom. The second-order valence-electron chi connectivity index (χ2n) is 2.84. The third-order valence-corrected chi connectivity index (χ3v) is 2.05. The van der Waals surface area contributed by atoms with Crippen LogP contribution in [0.1, 0.15) is 5.56 Å². The lowest BCUT2D eigenvalue weighted by molar-refractivity contribution is 0.300. The van der Waals surface area contributed by atoms with Gasteiger partial charge in [-0.15, -0.1) is 11.6 Å². The maximum absolute atomic E-state index is 8.83. The maximum atomic E-state index is 8.83. The van der Waals surface area contributed by atoms with E-state index in [1.807, 2.05) is 24.3 Å². The minimum Gasteiger partial charge on any atom is -0.396 e. The number of hydrogen-bond acceptors (Lipinski definition) is 2. The molecule has 1 aromatic carbocycles. The number of alkyl halides is 1. The summed E-state index contributed by atoms with van der Waals surface area (Å²) in [5, 5.41) is 8.83. The minimum atomic E-state index is 0.104. The summed E-state index contributed by atoms with van der Waals surface area (Å²) in [6.45, 7) is 0.104. The van der Waals surface area contributed by atoms with Gasteiger partial charge in [0.1, 0.15) is 5.84 Å². The second kappa shape index (κ2) is 5.62. The fourth-order valence-electron chi connectivity index (χ4n) is 1.14. The van der Waals surface area contributed by atoms with E-state index in [2.05, 4.69) is 4.99 Å². The first kappa shape index (κ1) is 11.0. The first-order valence-corrected chi connectivity index (χ1v) is 4.89. The Morgan fingerprint density at radius 3 is 2.79 bits per heavy atom. The SMILES string of the molecule is NC(CCl)=Nc1ccccc1CCO. The molecule has 0 aliphatic carbocycles. The van der Waals surface area contributed by atoms with Crippen molar-refractivity contribution in [2.75, 3.05) is 12.5 Å². The van der Waals surface area contributed by atoms with Gasteiger partial charge in [0, 0.05) is 6.61 Å². The van der Waals surface area contributed by atoms with E-state index >= 15 is 0 Å². The van der Waals surface area contributed by atoms with Crippen LogP contribution < -0.4 is 5.73 Å². The Labute approximate surface area is 88.2 Å². The van der Waals surface area contributed by atoms with Crippen molar-refractivity contribution in [2.24, 2.45) is 10.7 Å². The first-order chi connectivity index (χ1) is 6.77. The van der Waals surface area contributed by atoms with Crippen LogP contribution in [0, 0.1) is 0 Å². The number of benzene rings is 1. The second-order valence-corrected chi connectivity index (χ2v) is 3.11. The molecule has 0 saturated carbocycles. The largest absolute Gasteiger partial charge is 0.396 e. The number of aliphatic imine (C=N–C) groups is 1. The maximum Gasteiger partial charge on any atom is 0.115 e. The molecule has 0 heterocycles. The molecule has 0 aliphatic heterocycles. The van der Waals surface area contributed by atoms with Crippen LogP contribution in [0.3, 0.4) is 0 Å². The average Bonchev–Trinajstić information content (AvgIpc) is 2.21. The molecule has 0 amide bonds. The highest BCUT2D eigenvalue weighted by molar-refractivity contribution is 6.28. The summed E-state index contributed by atoms with van der Waals surface area (Å²) in [4.78, 5) is 4.15. The van der Waals surface area contributed by atoms with Gasteiger partial charge >= 0.3 is 0 Å². The molecule has 76 valence electrons. The number of para-hydroxylation sites is 1. The summed E-state index contributed by atoms with van der Waals surface area (Å²) in [5.74, 6) is 0.602. The predicted octanol–water partition coefficient (Wildman–Crippen LogP) is 1.45. The summed E-state index contributed by atoms with van der Waals surface area (Å²) in [6, 6.07) is 7.54. The van der Waals surface area contributed by atoms with E-state index in [9.17, 15) is 0 Å². The van der Waals surface area contributed by atoms with Gasteiger partial charge in [-0.1, -0.05) is 18.2 Å². The summed E-state index contributed by atoms with van der Waals surface area (Å²) in [6.07, 6.45) is 0.579. The summed E-state index contributed by atoms with van der Waals surface area (Å²) >= 11 is 5.53. The van der Waals surface area contributed by atoms with Crippen LogP contribution in [0.25, 0.3) is 0 Å². The van der Waals surface area contributed by atoms with Crippen LogP contribution in [0.2, 0.25) is 0 Å². The van der Waals surface area contributed by atoms with E-state index in [0.717, 1.165) is 11.3 Å². The van der Waals surface area contributed by atoms with E-state index in [-0.39, 0.29) is 12.5 Å². The lowest BCUT2D eigenvalue weighted by Crippen LogP contribution is -2.12. The van der Waals surface area contributed by atoms with Crippen molar-refractivity contribution in [3.63, 3.8) is 0 Å². The van der Waals surface area contributed by atoms with Crippen molar-refractivity contribution >= 4 is 23.1 Å². The molecule has 14 heavy (non-hydrogen) atoms. The fraction of sp³-hybridized carbons (Fsp3) is 0.300. The molecule has 3 nitrogen and oxygen atoms in total. The highest BCUT2D eigenvalue weighted by atomic mass is 35.5. The molecule has 0 atom stereocenters. The first-order valence-electron chi connectivity index (χ1n) is 4.35. The predicted molar refractivity (Wildman–Crippen MR) is 59.2 cm³/mol. The number of halogens is 1. The molecule has 0 bridgehead atoms. The molecule has 0 spiro atoms. The molecule has 0 fully saturated rings. The van der Waals surface area contributed by atoms with Crippen molar-refractivity contribution < 1.29 is 5.11 Å². The zero-order valence-electron chi connectivity index (χ0n) is 7.78. The van der Waals surface area contributed by atoms with Crippen LogP contribution in [0.4, 0.5) is 5.69 Å². The summed E-state index contributed by atoms with van der Waals surface area (Å²) in [7, 11) is 0. The van der Waals surface area contributed by atoms with Gasteiger partial charge in [-0.05, 0) is 18.1 Å². The van der Waals surface area contributed by atoms with Gasteiger partial charge in [0.25, 0.3) is 0 Å². The number of nitrogens with two attached hydrogens (primary N) is 1. The Morgan fingerprint density at radius 2 is 2.14 bits per heavy atom. The van der Waals surface area contributed by atoms with E-state index in [1.54, 1.807) is 0 Å². The average molecular weight is 213 g/mol. The highest BCUT2D eigenvalue weighted by Crippen LogP contribution is 2.18. The van der Waals surface area contributed by atoms with Crippen LogP contribution in [-0.2, 0) is 6.42 Å². The van der Waals surface area contributed by atoms with Gasteiger partial charge in [0.15, 0.2) is 0 Å². The minimum absolute atomic E-state index is 0.104. The van der Waals surface area contributed by atoms with Crippen molar-refractivity contribution in [2.45, 2.75) is 6.42 Å². The lowest BCUT2D eigenvalue weighted by atomic mass is 10.1. The smallest absolute Gasteiger partial charge is 0.115 e. The molecular weight excluding hydrogens is 200 g/mol. The molecule has 0 saturated heterocycles. The Kier molecular flexibility index (Phi) is 4.43. The van der Waals surface area contributed by atoms with Gasteiger partial charge in [0.2, 0.25) is 0 Å². The summed E-state index contributed by atoms with van der Waals surface area (Å²) in [5.41, 5.74) is 7.28. The van der Waals surface area contributed by atoms with Gasteiger partial charge in [-0.3, -0.25) is 0 Å². The third-order valence-electron chi connectivity index (χ3n) is 1.77. The molecule has 0 unspecified atom stereocenters. The Balaban J connectivity index is 2.95. The van der Waals surface area contributed by atoms with Gasteiger partial charge in [-0.2, -0.15) is 0 Å². The molecule has 0 aliphatic rings. The quantitative estimate of drug-likeness (QED) is 0.451. The van der Waals surface area contributed by atoms with E-state index in [0.29, 0.717) is 12.3 Å². The molecule has 1 aromatic rings. The molecule has 0 aromatic heterocycles. The summed E-state index contributed by atoms with van der Waals surface area (Å²) < 4.78 is 0. The van der Waals surface area contributed by atoms with Crippen LogP contribution in [0.15, 0.2) is 29.3 Å². The van der Waals surface area contributed by atoms with Crippen molar-refractivity contribution in [1.29, 1.82) is 0 Å². The number of aliphatic hydroxyl groups is 1. The number of amidine groups is 1. The van der Waals surface area contributed by atoms with Gasteiger partial charge in [0.05, 0.1) is 11.6 Å². The van der Waals surface area contributed by atoms with Crippen LogP contribution in [0.5, 0.6) is 0 Å². The zero-order chi connectivity index (χ0) is 10.4. The van der Waals surface area contributed by atoms with Crippen molar-refractivity contribution in [1.82, 2.24) is 0 Å².